The second kappa shape index (κ2) is 7.14. The predicted molar refractivity (Wildman–Crippen MR) is 52.4 cm³/mol. The minimum absolute atomic E-state index is 0. The van der Waals surface area contributed by atoms with Crippen LogP contribution in [0, 0.1) is 0 Å². The molecule has 0 rings (SSSR count). The molecule has 0 spiro atoms. The molecular weight excluding hydrogens is 158 g/mol. The Balaban J connectivity index is 0. The standard InChI is InChI=1S/C9H22B.K/c1-7(2)10(8(3)4)9(5)6;/h7-10H,1-6H3;/q-1;+1. The van der Waals surface area contributed by atoms with Crippen LogP contribution in [0.15, 0.2) is 0 Å². The first-order valence-corrected chi connectivity index (χ1v) is 4.69. The van der Waals surface area contributed by atoms with Gasteiger partial charge in [-0.2, -0.15) is 17.5 Å². The third-order valence-electron chi connectivity index (χ3n) is 2.83. The van der Waals surface area contributed by atoms with Crippen LogP contribution < -0.4 is 51.4 Å². The summed E-state index contributed by atoms with van der Waals surface area (Å²) < 4.78 is 0. The topological polar surface area (TPSA) is 0 Å². The van der Waals surface area contributed by atoms with Crippen LogP contribution >= 0.6 is 0 Å². The van der Waals surface area contributed by atoms with Crippen molar-refractivity contribution in [2.75, 3.05) is 0 Å². The maximum absolute atomic E-state index is 2.36. The second-order valence-electron chi connectivity index (χ2n) is 4.89. The Morgan fingerprint density at radius 2 is 0.818 bits per heavy atom. The predicted octanol–water partition coefficient (Wildman–Crippen LogP) is 0.448. The van der Waals surface area contributed by atoms with Crippen molar-refractivity contribution in [1.82, 2.24) is 0 Å². The Bertz CT molecular complexity index is 70.5. The molecule has 0 aliphatic rings. The molecule has 0 saturated heterocycles. The van der Waals surface area contributed by atoms with E-state index >= 15 is 0 Å². The number of hydrogen-bond acceptors (Lipinski definition) is 0. The largest absolute Gasteiger partial charge is 1.00 e. The van der Waals surface area contributed by atoms with E-state index in [0.717, 1.165) is 17.5 Å². The van der Waals surface area contributed by atoms with Crippen molar-refractivity contribution in [3.05, 3.63) is 0 Å². The van der Waals surface area contributed by atoms with Crippen molar-refractivity contribution in [3.63, 3.8) is 0 Å². The van der Waals surface area contributed by atoms with Gasteiger partial charge in [0, 0.05) is 0 Å². The number of rotatable bonds is 3. The molecule has 0 atom stereocenters. The molecule has 0 unspecified atom stereocenters. The summed E-state index contributed by atoms with van der Waals surface area (Å²) in [4.78, 5) is 0. The molecule has 0 amide bonds. The van der Waals surface area contributed by atoms with Crippen LogP contribution in [-0.2, 0) is 0 Å². The number of hydrogen-bond donors (Lipinski definition) is 0. The van der Waals surface area contributed by atoms with Gasteiger partial charge in [-0.25, -0.2) is 0 Å². The average molecular weight is 180 g/mol. The van der Waals surface area contributed by atoms with E-state index < -0.39 is 0 Å². The van der Waals surface area contributed by atoms with E-state index in [-0.39, 0.29) is 58.1 Å². The molecule has 62 valence electrons. The monoisotopic (exact) mass is 180 g/mol. The van der Waals surface area contributed by atoms with Gasteiger partial charge < -0.3 is 0 Å². The van der Waals surface area contributed by atoms with Crippen molar-refractivity contribution in [2.45, 2.75) is 59.0 Å². The van der Waals surface area contributed by atoms with Gasteiger partial charge in [0.15, 0.2) is 0 Å². The van der Waals surface area contributed by atoms with Crippen LogP contribution in [0.5, 0.6) is 0 Å². The van der Waals surface area contributed by atoms with Crippen molar-refractivity contribution >= 4 is 6.71 Å². The van der Waals surface area contributed by atoms with Gasteiger partial charge in [0.1, 0.15) is 0 Å². The summed E-state index contributed by atoms with van der Waals surface area (Å²) in [7, 11) is 0. The first kappa shape index (κ1) is 15.2. The first-order valence-electron chi connectivity index (χ1n) is 4.69. The van der Waals surface area contributed by atoms with Crippen LogP contribution in [-0.4, -0.2) is 6.71 Å². The minimum atomic E-state index is 0. The van der Waals surface area contributed by atoms with E-state index in [4.69, 9.17) is 0 Å². The van der Waals surface area contributed by atoms with Gasteiger partial charge in [-0.15, -0.1) is 0 Å². The smallest absolute Gasteiger partial charge is 0.175 e. The molecule has 0 nitrogen and oxygen atoms in total. The molecule has 0 heterocycles. The molecule has 0 aromatic carbocycles. The SMILES string of the molecule is CC(C)[BH-](C(C)C)C(C)C.[K+]. The van der Waals surface area contributed by atoms with Gasteiger partial charge in [-0.05, 0) is 6.71 Å². The van der Waals surface area contributed by atoms with E-state index in [1.54, 1.807) is 0 Å². The maximum atomic E-state index is 2.36. The normalized spacial score (nSPS) is 11.5. The van der Waals surface area contributed by atoms with Gasteiger partial charge >= 0.3 is 51.4 Å². The van der Waals surface area contributed by atoms with Crippen LogP contribution in [0.4, 0.5) is 0 Å². The summed E-state index contributed by atoms with van der Waals surface area (Å²) in [5, 5.41) is 0. The first-order chi connectivity index (χ1) is 4.46. The van der Waals surface area contributed by atoms with Crippen LogP contribution in [0.25, 0.3) is 0 Å². The Kier molecular flexibility index (Phi) is 9.85. The molecule has 0 bridgehead atoms. The van der Waals surface area contributed by atoms with Gasteiger partial charge in [0.2, 0.25) is 0 Å². The molecule has 0 aromatic rings. The van der Waals surface area contributed by atoms with E-state index in [1.165, 1.54) is 0 Å². The summed E-state index contributed by atoms with van der Waals surface area (Å²) >= 11 is 0. The Morgan fingerprint density at radius 3 is 0.818 bits per heavy atom. The molecule has 2 heteroatoms. The Morgan fingerprint density at radius 1 is 0.636 bits per heavy atom. The molecule has 0 fully saturated rings. The zero-order valence-corrected chi connectivity index (χ0v) is 12.6. The quantitative estimate of drug-likeness (QED) is 0.553. The van der Waals surface area contributed by atoms with Gasteiger partial charge in [0.25, 0.3) is 0 Å². The molecule has 0 aromatic heterocycles. The molecule has 0 aliphatic heterocycles. The zero-order chi connectivity index (χ0) is 8.31. The van der Waals surface area contributed by atoms with E-state index in [1.807, 2.05) is 0 Å². The summed E-state index contributed by atoms with van der Waals surface area (Å²) in [5.74, 6) is 2.75. The van der Waals surface area contributed by atoms with E-state index in [9.17, 15) is 0 Å². The van der Waals surface area contributed by atoms with Gasteiger partial charge in [-0.1, -0.05) is 41.5 Å². The minimum Gasteiger partial charge on any atom is -0.175 e. The molecule has 0 N–H and O–H groups in total. The third-order valence-corrected chi connectivity index (χ3v) is 2.83. The third kappa shape index (κ3) is 5.87. The van der Waals surface area contributed by atoms with Crippen molar-refractivity contribution < 1.29 is 51.4 Å². The Hall–Kier alpha value is 1.70. The average Bonchev–Trinajstić information content (AvgIpc) is 1.59. The van der Waals surface area contributed by atoms with Gasteiger partial charge in [0.05, 0.1) is 0 Å². The molecule has 0 saturated carbocycles. The fraction of sp³-hybridized carbons (Fsp3) is 1.00. The summed E-state index contributed by atoms with van der Waals surface area (Å²) in [5.41, 5.74) is 0. The zero-order valence-electron chi connectivity index (χ0n) is 9.44. The van der Waals surface area contributed by atoms with Crippen LogP contribution in [0.3, 0.4) is 0 Å². The van der Waals surface area contributed by atoms with E-state index in [2.05, 4.69) is 41.5 Å². The Labute approximate surface area is 115 Å². The molecular formula is C9H22BK. The van der Waals surface area contributed by atoms with Crippen LogP contribution in [0.2, 0.25) is 17.5 Å². The molecule has 0 aliphatic carbocycles. The maximum Gasteiger partial charge on any atom is 1.00 e. The summed E-state index contributed by atoms with van der Waals surface area (Å²) in [6.07, 6.45) is 0. The van der Waals surface area contributed by atoms with Gasteiger partial charge in [-0.3, -0.25) is 0 Å². The fourth-order valence-corrected chi connectivity index (χ4v) is 2.83. The fourth-order valence-electron chi connectivity index (χ4n) is 2.83. The van der Waals surface area contributed by atoms with Crippen molar-refractivity contribution in [3.8, 4) is 0 Å². The second-order valence-corrected chi connectivity index (χ2v) is 4.89. The van der Waals surface area contributed by atoms with Crippen LogP contribution in [0.1, 0.15) is 41.5 Å². The summed E-state index contributed by atoms with van der Waals surface area (Å²) in [6.45, 7) is 14.2. The van der Waals surface area contributed by atoms with Crippen molar-refractivity contribution in [2.24, 2.45) is 0 Å². The summed E-state index contributed by atoms with van der Waals surface area (Å²) in [6, 6.07) is 0. The van der Waals surface area contributed by atoms with E-state index in [0.29, 0.717) is 0 Å². The molecule has 11 heavy (non-hydrogen) atoms. The molecule has 0 radical (unpaired) electrons. The van der Waals surface area contributed by atoms with Crippen molar-refractivity contribution in [1.29, 1.82) is 0 Å².